The fourth-order valence-corrected chi connectivity index (χ4v) is 2.69. The minimum atomic E-state index is -0.155. The second-order valence-electron chi connectivity index (χ2n) is 9.14. The summed E-state index contributed by atoms with van der Waals surface area (Å²) in [4.78, 5) is 4.12. The van der Waals surface area contributed by atoms with Crippen LogP contribution < -0.4 is 5.32 Å². The number of aliphatic imine (C=N–C) groups is 1. The minimum Gasteiger partial charge on any atom is -0.389 e. The average Bonchev–Trinajstić information content (AvgIpc) is 2.93. The van der Waals surface area contributed by atoms with Gasteiger partial charge in [0.05, 0.1) is 0 Å². The molecule has 0 atom stereocenters. The maximum atomic E-state index is 12.3. The SMILES string of the molecule is C#C.C/C=C(\C=NCC)CC.C=C(C)/C(C)=C/C=C(\C)NCC.CCCCCCC.Cc1ccc(F)cc1C. The van der Waals surface area contributed by atoms with E-state index in [9.17, 15) is 4.39 Å². The van der Waals surface area contributed by atoms with Crippen LogP contribution in [0.1, 0.15) is 112 Å². The quantitative estimate of drug-likeness (QED) is 0.128. The lowest BCUT2D eigenvalue weighted by Crippen LogP contribution is -2.08. The van der Waals surface area contributed by atoms with Gasteiger partial charge in [0, 0.05) is 25.0 Å². The molecule has 222 valence electrons. The monoisotopic (exact) mass is 540 g/mol. The molecule has 1 N–H and O–H groups in total. The molecule has 1 aromatic rings. The lowest BCUT2D eigenvalue weighted by Gasteiger charge is -2.01. The fraction of sp³-hybridized carbons (Fsp3) is 0.528. The van der Waals surface area contributed by atoms with Gasteiger partial charge in [-0.1, -0.05) is 83.2 Å². The maximum Gasteiger partial charge on any atom is 0.123 e. The molecular formula is C36H61FN2. The van der Waals surface area contributed by atoms with Gasteiger partial charge in [-0.05, 0) is 102 Å². The first-order valence-corrected chi connectivity index (χ1v) is 14.5. The van der Waals surface area contributed by atoms with Crippen LogP contribution in [-0.2, 0) is 0 Å². The summed E-state index contributed by atoms with van der Waals surface area (Å²) in [6.07, 6.45) is 24.3. The van der Waals surface area contributed by atoms with Crippen LogP contribution >= 0.6 is 0 Å². The first-order valence-electron chi connectivity index (χ1n) is 14.5. The van der Waals surface area contributed by atoms with Crippen LogP contribution in [0, 0.1) is 32.5 Å². The molecule has 0 heterocycles. The Kier molecular flexibility index (Phi) is 36.7. The van der Waals surface area contributed by atoms with E-state index in [4.69, 9.17) is 0 Å². The van der Waals surface area contributed by atoms with E-state index in [1.807, 2.05) is 40.8 Å². The summed E-state index contributed by atoms with van der Waals surface area (Å²) in [5.41, 5.74) is 7.00. The summed E-state index contributed by atoms with van der Waals surface area (Å²) in [6, 6.07) is 4.79. The van der Waals surface area contributed by atoms with Gasteiger partial charge in [-0.2, -0.15) is 0 Å². The van der Waals surface area contributed by atoms with E-state index in [-0.39, 0.29) is 5.82 Å². The van der Waals surface area contributed by atoms with E-state index in [1.165, 1.54) is 61.1 Å². The highest BCUT2D eigenvalue weighted by molar-refractivity contribution is 5.78. The Hall–Kier alpha value is -2.86. The molecule has 39 heavy (non-hydrogen) atoms. The average molecular weight is 541 g/mol. The molecule has 0 bridgehead atoms. The Morgan fingerprint density at radius 3 is 1.85 bits per heavy atom. The molecule has 0 aliphatic carbocycles. The summed E-state index contributed by atoms with van der Waals surface area (Å²) in [6.45, 7) is 28.5. The number of aryl methyl sites for hydroxylation is 2. The molecule has 0 radical (unpaired) electrons. The highest BCUT2D eigenvalue weighted by atomic mass is 19.1. The summed E-state index contributed by atoms with van der Waals surface area (Å²) in [5.74, 6) is -0.155. The van der Waals surface area contributed by atoms with E-state index < -0.39 is 0 Å². The normalized spacial score (nSPS) is 11.0. The third-order valence-corrected chi connectivity index (χ3v) is 5.61. The lowest BCUT2D eigenvalue weighted by atomic mass is 10.1. The van der Waals surface area contributed by atoms with Gasteiger partial charge in [-0.15, -0.1) is 12.8 Å². The van der Waals surface area contributed by atoms with E-state index in [1.54, 1.807) is 6.07 Å². The van der Waals surface area contributed by atoms with Gasteiger partial charge in [-0.3, -0.25) is 4.99 Å². The van der Waals surface area contributed by atoms with Gasteiger partial charge in [0.2, 0.25) is 0 Å². The zero-order chi connectivity index (χ0) is 31.1. The van der Waals surface area contributed by atoms with Crippen LogP contribution in [0.2, 0.25) is 0 Å². The van der Waals surface area contributed by atoms with Crippen molar-refractivity contribution in [2.24, 2.45) is 4.99 Å². The molecule has 0 spiro atoms. The number of unbranched alkanes of at least 4 members (excludes halogenated alkanes) is 4. The van der Waals surface area contributed by atoms with Crippen LogP contribution in [0.5, 0.6) is 0 Å². The molecule has 0 saturated heterocycles. The Labute approximate surface area is 243 Å². The molecule has 0 fully saturated rings. The van der Waals surface area contributed by atoms with E-state index in [0.29, 0.717) is 0 Å². The first kappa shape index (κ1) is 43.2. The number of hydrogen-bond donors (Lipinski definition) is 1. The van der Waals surface area contributed by atoms with Gasteiger partial charge < -0.3 is 5.32 Å². The van der Waals surface area contributed by atoms with Crippen molar-refractivity contribution in [3.05, 3.63) is 82.4 Å². The third-order valence-electron chi connectivity index (χ3n) is 5.61. The zero-order valence-electron chi connectivity index (χ0n) is 27.4. The molecule has 0 aromatic heterocycles. The topological polar surface area (TPSA) is 24.4 Å². The number of terminal acetylenes is 1. The van der Waals surface area contributed by atoms with Crippen LogP contribution in [0.3, 0.4) is 0 Å². The van der Waals surface area contributed by atoms with Crippen molar-refractivity contribution in [1.82, 2.24) is 5.32 Å². The fourth-order valence-electron chi connectivity index (χ4n) is 2.69. The number of nitrogens with one attached hydrogen (secondary N) is 1. The smallest absolute Gasteiger partial charge is 0.123 e. The molecular weight excluding hydrogens is 479 g/mol. The Morgan fingerprint density at radius 2 is 1.49 bits per heavy atom. The molecule has 0 unspecified atom stereocenters. The number of hydrogen-bond acceptors (Lipinski definition) is 2. The van der Waals surface area contributed by atoms with Crippen LogP contribution in [0.15, 0.2) is 70.4 Å². The largest absolute Gasteiger partial charge is 0.389 e. The summed E-state index contributed by atoms with van der Waals surface area (Å²) in [5, 5.41) is 3.23. The van der Waals surface area contributed by atoms with Crippen molar-refractivity contribution in [3.63, 3.8) is 0 Å². The molecule has 2 nitrogen and oxygen atoms in total. The number of nitrogens with zero attached hydrogens (tertiary/aromatic N) is 1. The zero-order valence-corrected chi connectivity index (χ0v) is 27.4. The second kappa shape index (κ2) is 33.2. The Morgan fingerprint density at radius 1 is 0.923 bits per heavy atom. The molecule has 3 heteroatoms. The highest BCUT2D eigenvalue weighted by Gasteiger charge is 1.92. The molecule has 0 saturated carbocycles. The van der Waals surface area contributed by atoms with Crippen molar-refractivity contribution < 1.29 is 4.39 Å². The van der Waals surface area contributed by atoms with Crippen molar-refractivity contribution in [1.29, 1.82) is 0 Å². The van der Waals surface area contributed by atoms with Gasteiger partial charge in [0.1, 0.15) is 5.82 Å². The number of benzene rings is 1. The van der Waals surface area contributed by atoms with E-state index in [2.05, 4.69) is 89.5 Å². The summed E-state index contributed by atoms with van der Waals surface area (Å²) >= 11 is 0. The van der Waals surface area contributed by atoms with Crippen molar-refractivity contribution >= 4 is 6.21 Å². The van der Waals surface area contributed by atoms with Crippen LogP contribution in [-0.4, -0.2) is 19.3 Å². The van der Waals surface area contributed by atoms with E-state index >= 15 is 0 Å². The summed E-state index contributed by atoms with van der Waals surface area (Å²) in [7, 11) is 0. The number of halogens is 1. The standard InChI is InChI=1S/C11H19N.C8H9F.C8H15N.C7H16.C2H2/c1-6-12-11(5)8-7-10(4)9(2)3;1-6-3-4-8(9)5-7(6)2;1-4-8(5-2)7-9-6-3;1-3-5-7-6-4-2;1-2/h7-8,12H,2,6H2,1,3-5H3;3-5H,1-2H3;4,7H,5-6H2,1-3H3;3-7H2,1-2H3;1-2H/b10-7+,11-8+;;8-4-,9-7?;;. The van der Waals surface area contributed by atoms with Crippen LogP contribution in [0.25, 0.3) is 0 Å². The van der Waals surface area contributed by atoms with Gasteiger partial charge in [0.15, 0.2) is 0 Å². The van der Waals surface area contributed by atoms with Crippen LogP contribution in [0.4, 0.5) is 4.39 Å². The minimum absolute atomic E-state index is 0.155. The molecule has 0 amide bonds. The number of allylic oxidation sites excluding steroid dienone is 7. The molecule has 0 aliphatic heterocycles. The van der Waals surface area contributed by atoms with Gasteiger partial charge >= 0.3 is 0 Å². The Bertz CT molecular complexity index is 850. The summed E-state index contributed by atoms with van der Waals surface area (Å²) < 4.78 is 12.3. The molecule has 1 aromatic carbocycles. The predicted octanol–water partition coefficient (Wildman–Crippen LogP) is 11.1. The maximum absolute atomic E-state index is 12.3. The number of rotatable bonds is 11. The van der Waals surface area contributed by atoms with Gasteiger partial charge in [0.25, 0.3) is 0 Å². The van der Waals surface area contributed by atoms with Crippen molar-refractivity contribution in [3.8, 4) is 12.8 Å². The molecule has 0 aliphatic rings. The lowest BCUT2D eigenvalue weighted by molar-refractivity contribution is 0.626. The third kappa shape index (κ3) is 33.1. The highest BCUT2D eigenvalue weighted by Crippen LogP contribution is 2.07. The predicted molar refractivity (Wildman–Crippen MR) is 179 cm³/mol. The van der Waals surface area contributed by atoms with Gasteiger partial charge in [-0.25, -0.2) is 4.39 Å². The molecule has 1 rings (SSSR count). The van der Waals surface area contributed by atoms with Crippen molar-refractivity contribution in [2.45, 2.75) is 115 Å². The Balaban J connectivity index is -0.000000208. The van der Waals surface area contributed by atoms with E-state index in [0.717, 1.165) is 36.2 Å². The first-order chi connectivity index (χ1) is 18.5. The van der Waals surface area contributed by atoms with Crippen molar-refractivity contribution in [2.75, 3.05) is 13.1 Å². The second-order valence-corrected chi connectivity index (χ2v) is 9.14.